The van der Waals surface area contributed by atoms with E-state index in [0.717, 1.165) is 18.2 Å². The third-order valence-corrected chi connectivity index (χ3v) is 8.08. The molecule has 0 spiro atoms. The van der Waals surface area contributed by atoms with Crippen molar-refractivity contribution < 1.29 is 17.9 Å². The highest BCUT2D eigenvalue weighted by Gasteiger charge is 2.29. The predicted molar refractivity (Wildman–Crippen MR) is 114 cm³/mol. The van der Waals surface area contributed by atoms with E-state index in [1.807, 2.05) is 5.38 Å². The number of benzene rings is 1. The van der Waals surface area contributed by atoms with Crippen molar-refractivity contribution in [3.63, 3.8) is 0 Å². The first-order valence-electron chi connectivity index (χ1n) is 9.89. The Morgan fingerprint density at radius 3 is 2.53 bits per heavy atom. The first-order chi connectivity index (χ1) is 14.6. The van der Waals surface area contributed by atoms with E-state index >= 15 is 0 Å². The minimum Gasteiger partial charge on any atom is -0.379 e. The second-order valence-electron chi connectivity index (χ2n) is 7.07. The van der Waals surface area contributed by atoms with Crippen LogP contribution < -0.4 is 10.2 Å². The molecule has 4 rings (SSSR count). The number of hydrogen-bond acceptors (Lipinski definition) is 7. The summed E-state index contributed by atoms with van der Waals surface area (Å²) in [5.41, 5.74) is 0.582. The molecule has 2 aromatic rings. The molecule has 0 atom stereocenters. The van der Waals surface area contributed by atoms with Crippen LogP contribution in [0.3, 0.4) is 0 Å². The average Bonchev–Trinajstić information content (AvgIpc) is 3.33. The molecule has 11 heteroatoms. The number of carbonyl (C=O) groups excluding carboxylic acids is 1. The molecule has 1 N–H and O–H groups in total. The number of nitrogens with one attached hydrogen (secondary N) is 1. The molecule has 2 aliphatic rings. The Morgan fingerprint density at radius 2 is 1.83 bits per heavy atom. The fourth-order valence-electron chi connectivity index (χ4n) is 3.58. The van der Waals surface area contributed by atoms with Crippen molar-refractivity contribution in [3.05, 3.63) is 41.4 Å². The van der Waals surface area contributed by atoms with Crippen LogP contribution in [0.5, 0.6) is 0 Å². The van der Waals surface area contributed by atoms with E-state index in [1.54, 1.807) is 46.7 Å². The molecule has 1 aromatic carbocycles. The number of ether oxygens (including phenoxy) is 1. The molecule has 0 bridgehead atoms. The number of amides is 2. The topological polar surface area (TPSA) is 95.1 Å². The summed E-state index contributed by atoms with van der Waals surface area (Å²) in [5, 5.41) is 5.79. The molecular formula is C19H25N5O4S2. The second-order valence-corrected chi connectivity index (χ2v) is 9.85. The van der Waals surface area contributed by atoms with E-state index in [9.17, 15) is 13.2 Å². The van der Waals surface area contributed by atoms with Gasteiger partial charge in [-0.1, -0.05) is 18.2 Å². The van der Waals surface area contributed by atoms with Crippen LogP contribution in [-0.2, 0) is 21.3 Å². The Labute approximate surface area is 180 Å². The zero-order chi connectivity index (χ0) is 21.0. The molecule has 162 valence electrons. The fraction of sp³-hybridized carbons (Fsp3) is 0.474. The Kier molecular flexibility index (Phi) is 6.52. The number of morpholine rings is 1. The molecule has 9 nitrogen and oxygen atoms in total. The summed E-state index contributed by atoms with van der Waals surface area (Å²) in [6.07, 6.45) is 1.78. The van der Waals surface area contributed by atoms with E-state index in [-0.39, 0.29) is 17.5 Å². The van der Waals surface area contributed by atoms with Gasteiger partial charge in [-0.15, -0.1) is 11.3 Å². The molecule has 0 radical (unpaired) electrons. The SMILES string of the molecule is O=C(NCc1ccccc1S(=O)(=O)N1CCOCC1)N1CCN(c2nccs2)CC1. The van der Waals surface area contributed by atoms with Gasteiger partial charge in [-0.25, -0.2) is 18.2 Å². The number of thiazole rings is 1. The lowest BCUT2D eigenvalue weighted by Gasteiger charge is -2.34. The first-order valence-corrected chi connectivity index (χ1v) is 12.2. The van der Waals surface area contributed by atoms with Gasteiger partial charge in [0.2, 0.25) is 10.0 Å². The van der Waals surface area contributed by atoms with Gasteiger partial charge in [-0.05, 0) is 11.6 Å². The maximum atomic E-state index is 13.0. The number of aromatic nitrogens is 1. The monoisotopic (exact) mass is 451 g/mol. The molecular weight excluding hydrogens is 426 g/mol. The van der Waals surface area contributed by atoms with Crippen LogP contribution in [-0.4, -0.2) is 81.1 Å². The Morgan fingerprint density at radius 1 is 1.10 bits per heavy atom. The smallest absolute Gasteiger partial charge is 0.317 e. The van der Waals surface area contributed by atoms with Crippen LogP contribution in [0.1, 0.15) is 5.56 Å². The van der Waals surface area contributed by atoms with Crippen LogP contribution in [0.15, 0.2) is 40.7 Å². The Bertz CT molecular complexity index is 953. The maximum absolute atomic E-state index is 13.0. The summed E-state index contributed by atoms with van der Waals surface area (Å²) in [6.45, 7) is 4.27. The van der Waals surface area contributed by atoms with Gasteiger partial charge < -0.3 is 19.9 Å². The lowest BCUT2D eigenvalue weighted by Crippen LogP contribution is -2.51. The molecule has 2 amide bonds. The fourth-order valence-corrected chi connectivity index (χ4v) is 5.91. The van der Waals surface area contributed by atoms with E-state index in [2.05, 4.69) is 15.2 Å². The molecule has 2 aliphatic heterocycles. The van der Waals surface area contributed by atoms with Crippen LogP contribution in [0, 0.1) is 0 Å². The second kappa shape index (κ2) is 9.29. The van der Waals surface area contributed by atoms with Crippen LogP contribution in [0.25, 0.3) is 0 Å². The number of sulfonamides is 1. The highest BCUT2D eigenvalue weighted by molar-refractivity contribution is 7.89. The number of urea groups is 1. The predicted octanol–water partition coefficient (Wildman–Crippen LogP) is 1.20. The van der Waals surface area contributed by atoms with Crippen molar-refractivity contribution >= 4 is 32.5 Å². The summed E-state index contributed by atoms with van der Waals surface area (Å²) in [5.74, 6) is 0. The van der Waals surface area contributed by atoms with Gasteiger partial charge in [-0.2, -0.15) is 4.31 Å². The molecule has 3 heterocycles. The van der Waals surface area contributed by atoms with Crippen LogP contribution >= 0.6 is 11.3 Å². The zero-order valence-electron chi connectivity index (χ0n) is 16.6. The Hall–Kier alpha value is -2.21. The molecule has 0 saturated carbocycles. The van der Waals surface area contributed by atoms with Crippen LogP contribution in [0.4, 0.5) is 9.93 Å². The van der Waals surface area contributed by atoms with Crippen molar-refractivity contribution in [2.75, 3.05) is 57.4 Å². The summed E-state index contributed by atoms with van der Waals surface area (Å²) in [4.78, 5) is 21.1. The highest BCUT2D eigenvalue weighted by atomic mass is 32.2. The van der Waals surface area contributed by atoms with Crippen molar-refractivity contribution in [2.24, 2.45) is 0 Å². The zero-order valence-corrected chi connectivity index (χ0v) is 18.2. The van der Waals surface area contributed by atoms with Crippen molar-refractivity contribution in [2.45, 2.75) is 11.4 Å². The molecule has 2 fully saturated rings. The lowest BCUT2D eigenvalue weighted by molar-refractivity contribution is 0.0730. The number of hydrogen-bond donors (Lipinski definition) is 1. The van der Waals surface area contributed by atoms with E-state index in [0.29, 0.717) is 45.0 Å². The quantitative estimate of drug-likeness (QED) is 0.734. The normalized spacial score (nSPS) is 18.4. The molecule has 30 heavy (non-hydrogen) atoms. The molecule has 0 aliphatic carbocycles. The molecule has 2 saturated heterocycles. The molecule has 0 unspecified atom stereocenters. The van der Waals surface area contributed by atoms with Gasteiger partial charge in [-0.3, -0.25) is 0 Å². The minimum absolute atomic E-state index is 0.158. The highest BCUT2D eigenvalue weighted by Crippen LogP contribution is 2.22. The number of rotatable bonds is 5. The van der Waals surface area contributed by atoms with Gasteiger partial charge >= 0.3 is 6.03 Å². The van der Waals surface area contributed by atoms with Gasteiger partial charge in [0.1, 0.15) is 0 Å². The minimum atomic E-state index is -3.62. The van der Waals surface area contributed by atoms with E-state index in [4.69, 9.17) is 4.74 Å². The number of piperazine rings is 1. The molecule has 1 aromatic heterocycles. The number of anilines is 1. The summed E-state index contributed by atoms with van der Waals surface area (Å²) < 4.78 is 32.8. The Balaban J connectivity index is 1.37. The largest absolute Gasteiger partial charge is 0.379 e. The van der Waals surface area contributed by atoms with Crippen molar-refractivity contribution in [1.29, 1.82) is 0 Å². The van der Waals surface area contributed by atoms with Gasteiger partial charge in [0.05, 0.1) is 18.1 Å². The number of carbonyl (C=O) groups is 1. The first kappa shape index (κ1) is 21.0. The maximum Gasteiger partial charge on any atom is 0.317 e. The lowest BCUT2D eigenvalue weighted by atomic mass is 10.2. The van der Waals surface area contributed by atoms with Gasteiger partial charge in [0, 0.05) is 57.4 Å². The van der Waals surface area contributed by atoms with Gasteiger partial charge in [0.15, 0.2) is 5.13 Å². The summed E-state index contributed by atoms with van der Waals surface area (Å²) in [7, 11) is -3.62. The van der Waals surface area contributed by atoms with Crippen molar-refractivity contribution in [3.8, 4) is 0 Å². The standard InChI is InChI=1S/C19H25N5O4S2/c25-18(22-6-8-23(9-7-22)19-20-5-14-29-19)21-15-16-3-1-2-4-17(16)30(26,27)24-10-12-28-13-11-24/h1-5,14H,6-13,15H2,(H,21,25). The number of nitrogens with zero attached hydrogens (tertiary/aromatic N) is 4. The summed E-state index contributed by atoms with van der Waals surface area (Å²) in [6, 6.07) is 6.64. The van der Waals surface area contributed by atoms with E-state index in [1.165, 1.54) is 4.31 Å². The summed E-state index contributed by atoms with van der Waals surface area (Å²) >= 11 is 1.59. The average molecular weight is 452 g/mol. The van der Waals surface area contributed by atoms with Gasteiger partial charge in [0.25, 0.3) is 0 Å². The third kappa shape index (κ3) is 4.59. The van der Waals surface area contributed by atoms with Crippen LogP contribution in [0.2, 0.25) is 0 Å². The third-order valence-electron chi connectivity index (χ3n) is 5.25. The van der Waals surface area contributed by atoms with Crippen molar-refractivity contribution in [1.82, 2.24) is 19.5 Å². The van der Waals surface area contributed by atoms with E-state index < -0.39 is 10.0 Å².